The molecule has 0 radical (unpaired) electrons. The minimum Gasteiger partial charge on any atom is -0.319 e. The van der Waals surface area contributed by atoms with Crippen LogP contribution in [0.4, 0.5) is 0 Å². The van der Waals surface area contributed by atoms with Crippen LogP contribution in [0, 0.1) is 6.92 Å². The Morgan fingerprint density at radius 3 is 2.55 bits per heavy atom. The number of aromatic nitrogens is 2. The van der Waals surface area contributed by atoms with Crippen molar-refractivity contribution in [3.05, 3.63) is 46.6 Å². The van der Waals surface area contributed by atoms with Crippen LogP contribution in [-0.4, -0.2) is 21.5 Å². The lowest BCUT2D eigenvalue weighted by Crippen LogP contribution is -2.41. The first-order valence-corrected chi connectivity index (χ1v) is 6.61. The molecule has 0 spiro atoms. The summed E-state index contributed by atoms with van der Waals surface area (Å²) in [6.07, 6.45) is 0. The van der Waals surface area contributed by atoms with Crippen LogP contribution in [0.1, 0.15) is 29.8 Å². The molecule has 0 saturated carbocycles. The summed E-state index contributed by atoms with van der Waals surface area (Å²) >= 11 is 5.80. The molecule has 0 saturated heterocycles. The number of hydrogen-bond donors (Lipinski definition) is 1. The maximum atomic E-state index is 12.2. The summed E-state index contributed by atoms with van der Waals surface area (Å²) in [6.45, 7) is 5.28. The molecular formula is C15H16ClN3O. The van der Waals surface area contributed by atoms with Gasteiger partial charge in [0, 0.05) is 11.1 Å². The van der Waals surface area contributed by atoms with Gasteiger partial charge in [-0.2, -0.15) is 0 Å². The first-order valence-electron chi connectivity index (χ1n) is 6.23. The summed E-state index contributed by atoms with van der Waals surface area (Å²) in [5.41, 5.74) is 7.95. The molecule has 0 bridgehead atoms. The maximum Gasteiger partial charge on any atom is 0.182 e. The van der Waals surface area contributed by atoms with Crippen molar-refractivity contribution in [2.24, 2.45) is 5.73 Å². The third-order valence-corrected chi connectivity index (χ3v) is 3.12. The van der Waals surface area contributed by atoms with Gasteiger partial charge in [-0.05, 0) is 38.5 Å². The van der Waals surface area contributed by atoms with Crippen LogP contribution in [0.15, 0.2) is 30.3 Å². The van der Waals surface area contributed by atoms with Gasteiger partial charge < -0.3 is 5.73 Å². The van der Waals surface area contributed by atoms with E-state index in [9.17, 15) is 4.79 Å². The second-order valence-corrected chi connectivity index (χ2v) is 5.72. The smallest absolute Gasteiger partial charge is 0.182 e. The second kappa shape index (κ2) is 5.31. The van der Waals surface area contributed by atoms with Crippen LogP contribution in [0.5, 0.6) is 0 Å². The fraction of sp³-hybridized carbons (Fsp3) is 0.267. The normalized spacial score (nSPS) is 11.4. The summed E-state index contributed by atoms with van der Waals surface area (Å²) in [5, 5.41) is 8.28. The van der Waals surface area contributed by atoms with Crippen LogP contribution >= 0.6 is 11.6 Å². The van der Waals surface area contributed by atoms with Crippen molar-refractivity contribution in [1.82, 2.24) is 10.2 Å². The molecule has 0 aliphatic rings. The van der Waals surface area contributed by atoms with E-state index < -0.39 is 5.54 Å². The predicted octanol–water partition coefficient (Wildman–Crippen LogP) is 3.03. The minimum atomic E-state index is -0.903. The molecule has 5 heteroatoms. The van der Waals surface area contributed by atoms with Gasteiger partial charge in [0.25, 0.3) is 0 Å². The zero-order valence-electron chi connectivity index (χ0n) is 11.6. The monoisotopic (exact) mass is 289 g/mol. The standard InChI is InChI=1S/C15H16ClN3O/c1-9-7-12(16)18-19-13(9)10-5-4-6-11(8-10)14(20)15(2,3)17/h4-8H,17H2,1-3H3. The van der Waals surface area contributed by atoms with E-state index in [2.05, 4.69) is 10.2 Å². The Balaban J connectivity index is 2.47. The van der Waals surface area contributed by atoms with Crippen LogP contribution in [-0.2, 0) is 0 Å². The Morgan fingerprint density at radius 1 is 1.25 bits per heavy atom. The molecule has 0 aliphatic carbocycles. The van der Waals surface area contributed by atoms with Crippen LogP contribution in [0.2, 0.25) is 5.15 Å². The highest BCUT2D eigenvalue weighted by atomic mass is 35.5. The van der Waals surface area contributed by atoms with Crippen molar-refractivity contribution < 1.29 is 4.79 Å². The summed E-state index contributed by atoms with van der Waals surface area (Å²) < 4.78 is 0. The van der Waals surface area contributed by atoms with E-state index >= 15 is 0 Å². The molecule has 1 aromatic heterocycles. The third-order valence-electron chi connectivity index (χ3n) is 2.94. The number of benzene rings is 1. The van der Waals surface area contributed by atoms with E-state index in [4.69, 9.17) is 17.3 Å². The highest BCUT2D eigenvalue weighted by molar-refractivity contribution is 6.29. The lowest BCUT2D eigenvalue weighted by Gasteiger charge is -2.17. The van der Waals surface area contributed by atoms with E-state index in [0.29, 0.717) is 16.4 Å². The molecule has 0 aliphatic heterocycles. The number of carbonyl (C=O) groups excluding carboxylic acids is 1. The van der Waals surface area contributed by atoms with Crippen molar-refractivity contribution >= 4 is 17.4 Å². The van der Waals surface area contributed by atoms with Gasteiger partial charge in [0.05, 0.1) is 11.2 Å². The molecule has 2 rings (SSSR count). The maximum absolute atomic E-state index is 12.2. The molecule has 20 heavy (non-hydrogen) atoms. The second-order valence-electron chi connectivity index (χ2n) is 5.33. The van der Waals surface area contributed by atoms with Crippen molar-refractivity contribution in [1.29, 1.82) is 0 Å². The van der Waals surface area contributed by atoms with Gasteiger partial charge in [-0.25, -0.2) is 0 Å². The number of halogens is 1. The molecule has 4 nitrogen and oxygen atoms in total. The SMILES string of the molecule is Cc1cc(Cl)nnc1-c1cccc(C(=O)C(C)(C)N)c1. The largest absolute Gasteiger partial charge is 0.319 e. The van der Waals surface area contributed by atoms with Crippen molar-refractivity contribution in [3.8, 4) is 11.3 Å². The first-order chi connectivity index (χ1) is 9.29. The van der Waals surface area contributed by atoms with E-state index in [1.165, 1.54) is 0 Å². The number of Topliss-reactive ketones (excluding diaryl/α,β-unsaturated/α-hetero) is 1. The fourth-order valence-electron chi connectivity index (χ4n) is 1.92. The number of hydrogen-bond acceptors (Lipinski definition) is 4. The number of nitrogens with two attached hydrogens (primary N) is 1. The molecule has 0 fully saturated rings. The van der Waals surface area contributed by atoms with Gasteiger partial charge in [-0.1, -0.05) is 29.8 Å². The van der Waals surface area contributed by atoms with E-state index in [1.54, 1.807) is 32.0 Å². The Morgan fingerprint density at radius 2 is 1.95 bits per heavy atom. The quantitative estimate of drug-likeness (QED) is 0.882. The van der Waals surface area contributed by atoms with Gasteiger partial charge in [0.15, 0.2) is 10.9 Å². The molecule has 0 atom stereocenters. The summed E-state index contributed by atoms with van der Waals surface area (Å²) in [6, 6.07) is 8.96. The summed E-state index contributed by atoms with van der Waals surface area (Å²) in [7, 11) is 0. The van der Waals surface area contributed by atoms with E-state index in [-0.39, 0.29) is 5.78 Å². The average molecular weight is 290 g/mol. The number of carbonyl (C=O) groups is 1. The van der Waals surface area contributed by atoms with Crippen LogP contribution in [0.25, 0.3) is 11.3 Å². The summed E-state index contributed by atoms with van der Waals surface area (Å²) in [4.78, 5) is 12.2. The molecule has 1 heterocycles. The molecular weight excluding hydrogens is 274 g/mol. The number of nitrogens with zero attached hydrogens (tertiary/aromatic N) is 2. The lowest BCUT2D eigenvalue weighted by atomic mass is 9.92. The summed E-state index contributed by atoms with van der Waals surface area (Å²) in [5.74, 6) is -0.112. The van der Waals surface area contributed by atoms with Gasteiger partial charge in [0.2, 0.25) is 0 Å². The molecule has 2 N–H and O–H groups in total. The highest BCUT2D eigenvalue weighted by Gasteiger charge is 2.23. The zero-order chi connectivity index (χ0) is 14.9. The van der Waals surface area contributed by atoms with Gasteiger partial charge >= 0.3 is 0 Å². The lowest BCUT2D eigenvalue weighted by molar-refractivity contribution is 0.0913. The van der Waals surface area contributed by atoms with Crippen molar-refractivity contribution in [2.45, 2.75) is 26.3 Å². The Kier molecular flexibility index (Phi) is 3.88. The number of aryl methyl sites for hydroxylation is 1. The molecule has 104 valence electrons. The fourth-order valence-corrected chi connectivity index (χ4v) is 2.12. The number of ketones is 1. The van der Waals surface area contributed by atoms with Gasteiger partial charge in [-0.15, -0.1) is 10.2 Å². The Hall–Kier alpha value is -1.78. The van der Waals surface area contributed by atoms with Crippen molar-refractivity contribution in [2.75, 3.05) is 0 Å². The minimum absolute atomic E-state index is 0.112. The first kappa shape index (κ1) is 14.6. The zero-order valence-corrected chi connectivity index (χ0v) is 12.4. The highest BCUT2D eigenvalue weighted by Crippen LogP contribution is 2.24. The average Bonchev–Trinajstić information content (AvgIpc) is 2.37. The van der Waals surface area contributed by atoms with Crippen molar-refractivity contribution in [3.63, 3.8) is 0 Å². The van der Waals surface area contributed by atoms with E-state index in [0.717, 1.165) is 11.1 Å². The molecule has 2 aromatic rings. The molecule has 1 aromatic carbocycles. The van der Waals surface area contributed by atoms with Gasteiger partial charge in [0.1, 0.15) is 0 Å². The Labute approximate surface area is 123 Å². The van der Waals surface area contributed by atoms with E-state index in [1.807, 2.05) is 19.1 Å². The molecule has 0 unspecified atom stereocenters. The van der Waals surface area contributed by atoms with Gasteiger partial charge in [-0.3, -0.25) is 4.79 Å². The third kappa shape index (κ3) is 3.03. The topological polar surface area (TPSA) is 68.9 Å². The molecule has 0 amide bonds. The Bertz CT molecular complexity index is 662. The predicted molar refractivity (Wildman–Crippen MR) is 79.8 cm³/mol. The van der Waals surface area contributed by atoms with Crippen LogP contribution < -0.4 is 5.73 Å². The number of rotatable bonds is 3. The van der Waals surface area contributed by atoms with Crippen LogP contribution in [0.3, 0.4) is 0 Å².